The van der Waals surface area contributed by atoms with E-state index in [1.54, 1.807) is 18.2 Å². The molecule has 0 bridgehead atoms. The molecule has 0 aliphatic heterocycles. The van der Waals surface area contributed by atoms with Crippen molar-refractivity contribution in [3.8, 4) is 27.7 Å². The summed E-state index contributed by atoms with van der Waals surface area (Å²) in [5.41, 5.74) is 1.83. The van der Waals surface area contributed by atoms with Crippen molar-refractivity contribution in [2.24, 2.45) is 0 Å². The summed E-state index contributed by atoms with van der Waals surface area (Å²) in [4.78, 5) is 11.7. The van der Waals surface area contributed by atoms with E-state index in [0.717, 1.165) is 32.4 Å². The molecule has 0 amide bonds. The Labute approximate surface area is 217 Å². The minimum absolute atomic E-state index is 0.241. The molecule has 1 N–H and O–H groups in total. The van der Waals surface area contributed by atoms with Crippen molar-refractivity contribution in [3.63, 3.8) is 0 Å². The number of hydrogen-bond donors (Lipinski definition) is 1. The summed E-state index contributed by atoms with van der Waals surface area (Å²) in [6.45, 7) is 0.0993. The topological polar surface area (TPSA) is 116 Å². The molecule has 2 aromatic carbocycles. The molecule has 4 aromatic rings. The van der Waals surface area contributed by atoms with Gasteiger partial charge in [-0.2, -0.15) is 4.80 Å². The minimum atomic E-state index is -1.05. The summed E-state index contributed by atoms with van der Waals surface area (Å²) in [6.07, 6.45) is 0.750. The SMILES string of the molecule is O=C(O)Cn1nnc(-c2nnc(SCCCOc3cc(-c4ccc(Cl)c(Cl)c4)ccc3Cl)s2)n1. The number of ether oxygens (including phenoxy) is 1. The lowest BCUT2D eigenvalue weighted by Gasteiger charge is -2.10. The first-order valence-corrected chi connectivity index (χ1v) is 12.7. The molecule has 14 heteroatoms. The molecule has 0 aliphatic carbocycles. The van der Waals surface area contributed by atoms with E-state index in [1.807, 2.05) is 18.2 Å². The fourth-order valence-corrected chi connectivity index (χ4v) is 4.97. The number of carboxylic acid groups (broad SMARTS) is 1. The number of hydrogen-bond acceptors (Lipinski definition) is 9. The molecule has 0 aliphatic rings. The van der Waals surface area contributed by atoms with Crippen LogP contribution in [0.25, 0.3) is 22.0 Å². The number of nitrogens with zero attached hydrogens (tertiary/aromatic N) is 6. The Morgan fingerprint density at radius 1 is 1.03 bits per heavy atom. The van der Waals surface area contributed by atoms with Gasteiger partial charge in [-0.05, 0) is 47.0 Å². The van der Waals surface area contributed by atoms with Gasteiger partial charge in [0.25, 0.3) is 0 Å². The second-order valence-electron chi connectivity index (χ2n) is 6.73. The lowest BCUT2D eigenvalue weighted by Crippen LogP contribution is -2.11. The van der Waals surface area contributed by atoms with E-state index in [0.29, 0.717) is 32.4 Å². The van der Waals surface area contributed by atoms with Crippen LogP contribution in [0.5, 0.6) is 5.75 Å². The Bertz CT molecular complexity index is 1320. The maximum atomic E-state index is 10.7. The summed E-state index contributed by atoms with van der Waals surface area (Å²) >= 11 is 21.3. The largest absolute Gasteiger partial charge is 0.492 e. The predicted molar refractivity (Wildman–Crippen MR) is 132 cm³/mol. The van der Waals surface area contributed by atoms with Crippen molar-refractivity contribution >= 4 is 63.9 Å². The molecular weight excluding hydrogens is 543 g/mol. The Hall–Kier alpha value is -2.44. The summed E-state index contributed by atoms with van der Waals surface area (Å²) < 4.78 is 6.62. The van der Waals surface area contributed by atoms with Gasteiger partial charge in [0, 0.05) is 5.75 Å². The lowest BCUT2D eigenvalue weighted by atomic mass is 10.1. The van der Waals surface area contributed by atoms with Crippen LogP contribution in [-0.4, -0.2) is 53.8 Å². The average Bonchev–Trinajstić information content (AvgIpc) is 3.46. The molecule has 176 valence electrons. The van der Waals surface area contributed by atoms with Crippen molar-refractivity contribution < 1.29 is 14.6 Å². The van der Waals surface area contributed by atoms with E-state index < -0.39 is 5.97 Å². The Morgan fingerprint density at radius 2 is 1.79 bits per heavy atom. The van der Waals surface area contributed by atoms with Crippen molar-refractivity contribution in [2.75, 3.05) is 12.4 Å². The Morgan fingerprint density at radius 3 is 2.56 bits per heavy atom. The van der Waals surface area contributed by atoms with Gasteiger partial charge in [0.15, 0.2) is 15.9 Å². The summed E-state index contributed by atoms with van der Waals surface area (Å²) in [7, 11) is 0. The second-order valence-corrected chi connectivity index (χ2v) is 10.3. The van der Waals surface area contributed by atoms with Gasteiger partial charge in [-0.15, -0.1) is 20.4 Å². The van der Waals surface area contributed by atoms with Crippen LogP contribution in [0, 0.1) is 0 Å². The summed E-state index contributed by atoms with van der Waals surface area (Å²) in [5, 5.41) is 30.4. The number of carbonyl (C=O) groups is 1. The highest BCUT2D eigenvalue weighted by Crippen LogP contribution is 2.34. The van der Waals surface area contributed by atoms with Crippen LogP contribution >= 0.6 is 57.9 Å². The van der Waals surface area contributed by atoms with Gasteiger partial charge in [-0.3, -0.25) is 4.79 Å². The zero-order valence-corrected chi connectivity index (χ0v) is 21.1. The molecule has 0 saturated carbocycles. The average molecular weight is 558 g/mol. The third kappa shape index (κ3) is 6.36. The maximum absolute atomic E-state index is 10.7. The third-order valence-corrected chi connectivity index (χ3v) is 7.47. The molecule has 4 rings (SSSR count). The highest BCUT2D eigenvalue weighted by atomic mass is 35.5. The number of halogens is 3. The van der Waals surface area contributed by atoms with E-state index in [2.05, 4.69) is 25.6 Å². The predicted octanol–water partition coefficient (Wildman–Crippen LogP) is 5.46. The molecular formula is C20H15Cl3N6O3S2. The fraction of sp³-hybridized carbons (Fsp3) is 0.200. The van der Waals surface area contributed by atoms with E-state index in [4.69, 9.17) is 44.6 Å². The van der Waals surface area contributed by atoms with Gasteiger partial charge < -0.3 is 9.84 Å². The van der Waals surface area contributed by atoms with Crippen molar-refractivity contribution in [1.82, 2.24) is 30.4 Å². The van der Waals surface area contributed by atoms with Crippen LogP contribution in [0.2, 0.25) is 15.1 Å². The Balaban J connectivity index is 1.28. The number of aliphatic carboxylic acids is 1. The van der Waals surface area contributed by atoms with Crippen LogP contribution in [0.15, 0.2) is 40.7 Å². The minimum Gasteiger partial charge on any atom is -0.492 e. The first-order valence-electron chi connectivity index (χ1n) is 9.73. The van der Waals surface area contributed by atoms with Gasteiger partial charge in [0.2, 0.25) is 5.82 Å². The molecule has 2 aromatic heterocycles. The van der Waals surface area contributed by atoms with Crippen molar-refractivity contribution in [2.45, 2.75) is 17.3 Å². The van der Waals surface area contributed by atoms with Gasteiger partial charge in [-0.25, -0.2) is 0 Å². The smallest absolute Gasteiger partial charge is 0.327 e. The van der Waals surface area contributed by atoms with Crippen LogP contribution in [0.1, 0.15) is 6.42 Å². The highest BCUT2D eigenvalue weighted by molar-refractivity contribution is 8.01. The molecule has 0 saturated heterocycles. The maximum Gasteiger partial charge on any atom is 0.327 e. The fourth-order valence-electron chi connectivity index (χ4n) is 2.75. The lowest BCUT2D eigenvalue weighted by molar-refractivity contribution is -0.138. The van der Waals surface area contributed by atoms with E-state index in [1.165, 1.54) is 23.1 Å². The normalized spacial score (nSPS) is 11.0. The first kappa shape index (κ1) is 24.7. The quantitative estimate of drug-likeness (QED) is 0.200. The number of carboxylic acids is 1. The molecule has 0 radical (unpaired) electrons. The monoisotopic (exact) mass is 556 g/mol. The van der Waals surface area contributed by atoms with Gasteiger partial charge in [0.1, 0.15) is 5.75 Å². The highest BCUT2D eigenvalue weighted by Gasteiger charge is 2.14. The molecule has 9 nitrogen and oxygen atoms in total. The number of benzene rings is 2. The second kappa shape index (κ2) is 11.3. The zero-order chi connectivity index (χ0) is 24.1. The van der Waals surface area contributed by atoms with Crippen LogP contribution < -0.4 is 4.74 Å². The molecule has 0 atom stereocenters. The molecule has 0 spiro atoms. The number of tetrazole rings is 1. The third-order valence-electron chi connectivity index (χ3n) is 4.28. The van der Waals surface area contributed by atoms with Crippen molar-refractivity contribution in [3.05, 3.63) is 51.5 Å². The number of thioether (sulfide) groups is 1. The molecule has 2 heterocycles. The molecule has 34 heavy (non-hydrogen) atoms. The van der Waals surface area contributed by atoms with Crippen molar-refractivity contribution in [1.29, 1.82) is 0 Å². The van der Waals surface area contributed by atoms with Gasteiger partial charge in [-0.1, -0.05) is 70.0 Å². The van der Waals surface area contributed by atoms with Crippen LogP contribution in [-0.2, 0) is 11.3 Å². The van der Waals surface area contributed by atoms with Crippen LogP contribution in [0.3, 0.4) is 0 Å². The standard InChI is InChI=1S/C20H15Cl3N6O3S2/c21-13-4-2-11(8-15(13)23)12-3-5-14(22)16(9-12)32-6-1-7-33-20-26-25-19(34-20)18-24-28-29(27-18)10-17(30)31/h2-5,8-9H,1,6-7,10H2,(H,30,31). The zero-order valence-electron chi connectivity index (χ0n) is 17.2. The Kier molecular flexibility index (Phi) is 8.22. The van der Waals surface area contributed by atoms with Crippen LogP contribution in [0.4, 0.5) is 0 Å². The van der Waals surface area contributed by atoms with Gasteiger partial charge in [0.05, 0.1) is 21.7 Å². The number of aromatic nitrogens is 6. The number of rotatable bonds is 10. The van der Waals surface area contributed by atoms with E-state index >= 15 is 0 Å². The molecule has 0 fully saturated rings. The van der Waals surface area contributed by atoms with Gasteiger partial charge >= 0.3 is 5.97 Å². The van der Waals surface area contributed by atoms with E-state index in [9.17, 15) is 4.79 Å². The first-order chi connectivity index (χ1) is 16.4. The van der Waals surface area contributed by atoms with E-state index in [-0.39, 0.29) is 12.4 Å². The molecule has 0 unspecified atom stereocenters. The summed E-state index contributed by atoms with van der Waals surface area (Å²) in [5.74, 6) is 0.522. The summed E-state index contributed by atoms with van der Waals surface area (Å²) in [6, 6.07) is 11.0.